The van der Waals surface area contributed by atoms with E-state index in [0.29, 0.717) is 6.04 Å². The number of halogens is 1. The molecule has 1 N–H and O–H groups in total. The van der Waals surface area contributed by atoms with Crippen molar-refractivity contribution in [1.82, 2.24) is 10.2 Å². The molecule has 21 heavy (non-hydrogen) atoms. The number of unbranched alkanes of at least 4 members (excludes halogenated alkanes) is 2. The third-order valence-electron chi connectivity index (χ3n) is 4.23. The van der Waals surface area contributed by atoms with Gasteiger partial charge in [-0.3, -0.25) is 4.90 Å². The number of hydrogen-bond donors (Lipinski definition) is 1. The number of hydrogen-bond acceptors (Lipinski definition) is 3. The molecule has 4 heteroatoms. The maximum Gasteiger partial charge on any atom is 0.133 e. The van der Waals surface area contributed by atoms with Crippen LogP contribution in [0.15, 0.2) is 22.7 Å². The number of ether oxygens (including phenoxy) is 1. The van der Waals surface area contributed by atoms with Crippen LogP contribution in [0.25, 0.3) is 0 Å². The third kappa shape index (κ3) is 4.70. The summed E-state index contributed by atoms with van der Waals surface area (Å²) in [6.07, 6.45) is 5.14. The van der Waals surface area contributed by atoms with Gasteiger partial charge in [0.25, 0.3) is 0 Å². The Morgan fingerprint density at radius 3 is 2.67 bits per heavy atom. The van der Waals surface area contributed by atoms with Crippen LogP contribution in [0.1, 0.15) is 44.2 Å². The zero-order valence-electron chi connectivity index (χ0n) is 13.2. The summed E-state index contributed by atoms with van der Waals surface area (Å²) in [4.78, 5) is 2.63. The summed E-state index contributed by atoms with van der Waals surface area (Å²) in [5.74, 6) is 0.909. The first-order valence-electron chi connectivity index (χ1n) is 8.04. The zero-order valence-corrected chi connectivity index (χ0v) is 14.8. The van der Waals surface area contributed by atoms with Gasteiger partial charge in [-0.05, 0) is 40.0 Å². The second-order valence-corrected chi connectivity index (χ2v) is 6.55. The van der Waals surface area contributed by atoms with Gasteiger partial charge in [-0.1, -0.05) is 32.3 Å². The molecule has 0 amide bonds. The van der Waals surface area contributed by atoms with E-state index < -0.39 is 0 Å². The van der Waals surface area contributed by atoms with Crippen molar-refractivity contribution in [3.05, 3.63) is 28.2 Å². The highest BCUT2D eigenvalue weighted by atomic mass is 79.9. The third-order valence-corrected chi connectivity index (χ3v) is 4.85. The van der Waals surface area contributed by atoms with Gasteiger partial charge < -0.3 is 10.1 Å². The van der Waals surface area contributed by atoms with Crippen molar-refractivity contribution >= 4 is 15.9 Å². The van der Waals surface area contributed by atoms with Crippen LogP contribution < -0.4 is 10.1 Å². The number of nitrogens with zero attached hydrogens (tertiary/aromatic N) is 1. The molecule has 0 aromatic heterocycles. The van der Waals surface area contributed by atoms with Gasteiger partial charge in [0.15, 0.2) is 0 Å². The molecule has 1 saturated heterocycles. The quantitative estimate of drug-likeness (QED) is 0.749. The summed E-state index contributed by atoms with van der Waals surface area (Å²) < 4.78 is 6.41. The molecule has 118 valence electrons. The van der Waals surface area contributed by atoms with E-state index in [2.05, 4.69) is 51.3 Å². The van der Waals surface area contributed by atoms with Crippen molar-refractivity contribution in [3.8, 4) is 5.75 Å². The van der Waals surface area contributed by atoms with Crippen LogP contribution in [0.4, 0.5) is 0 Å². The fraction of sp³-hybridized carbons (Fsp3) is 0.647. The first-order valence-corrected chi connectivity index (χ1v) is 8.83. The Labute approximate surface area is 137 Å². The minimum atomic E-state index is 0.529. The van der Waals surface area contributed by atoms with E-state index >= 15 is 0 Å². The molecule has 3 nitrogen and oxygen atoms in total. The van der Waals surface area contributed by atoms with Crippen molar-refractivity contribution in [2.24, 2.45) is 0 Å². The number of piperazine rings is 1. The van der Waals surface area contributed by atoms with Crippen LogP contribution in [-0.2, 0) is 0 Å². The van der Waals surface area contributed by atoms with Crippen molar-refractivity contribution in [1.29, 1.82) is 0 Å². The molecule has 1 fully saturated rings. The number of methoxy groups -OCH3 is 1. The van der Waals surface area contributed by atoms with E-state index in [-0.39, 0.29) is 0 Å². The lowest BCUT2D eigenvalue weighted by atomic mass is 9.98. The van der Waals surface area contributed by atoms with E-state index in [0.717, 1.165) is 36.4 Å². The second kappa shape index (κ2) is 8.76. The lowest BCUT2D eigenvalue weighted by Crippen LogP contribution is -2.45. The minimum Gasteiger partial charge on any atom is -0.496 e. The Balaban J connectivity index is 2.14. The van der Waals surface area contributed by atoms with Gasteiger partial charge in [0.1, 0.15) is 5.75 Å². The summed E-state index contributed by atoms with van der Waals surface area (Å²) in [5, 5.41) is 3.45. The summed E-state index contributed by atoms with van der Waals surface area (Å²) in [7, 11) is 1.72. The molecule has 1 aliphatic rings. The predicted octanol–water partition coefficient (Wildman–Crippen LogP) is 3.98. The molecule has 0 spiro atoms. The van der Waals surface area contributed by atoms with Gasteiger partial charge in [0.2, 0.25) is 0 Å². The van der Waals surface area contributed by atoms with E-state index in [9.17, 15) is 0 Å². The molecule has 2 rings (SSSR count). The maximum atomic E-state index is 5.35. The molecular formula is C17H27BrN2O. The molecule has 0 bridgehead atoms. The molecule has 1 aliphatic heterocycles. The highest BCUT2D eigenvalue weighted by molar-refractivity contribution is 9.10. The SMILES string of the molecule is CCCCC[C@H](c1ccc(OC)c(Br)c1)N1CCNCC1. The molecule has 0 radical (unpaired) electrons. The fourth-order valence-corrected chi connectivity index (χ4v) is 3.59. The Morgan fingerprint density at radius 2 is 2.05 bits per heavy atom. The Morgan fingerprint density at radius 1 is 1.29 bits per heavy atom. The van der Waals surface area contributed by atoms with Gasteiger partial charge in [0.05, 0.1) is 11.6 Å². The van der Waals surface area contributed by atoms with Crippen LogP contribution in [0.3, 0.4) is 0 Å². The average Bonchev–Trinajstić information content (AvgIpc) is 2.52. The van der Waals surface area contributed by atoms with E-state index in [4.69, 9.17) is 4.74 Å². The molecular weight excluding hydrogens is 328 g/mol. The summed E-state index contributed by atoms with van der Waals surface area (Å²) in [6, 6.07) is 7.06. The van der Waals surface area contributed by atoms with Gasteiger partial charge in [-0.15, -0.1) is 0 Å². The summed E-state index contributed by atoms with van der Waals surface area (Å²) in [6.45, 7) is 6.74. The Hall–Kier alpha value is -0.580. The maximum absolute atomic E-state index is 5.35. The second-order valence-electron chi connectivity index (χ2n) is 5.69. The molecule has 1 heterocycles. The van der Waals surface area contributed by atoms with Crippen LogP contribution in [-0.4, -0.2) is 38.2 Å². The highest BCUT2D eigenvalue weighted by Crippen LogP contribution is 2.33. The molecule has 0 aliphatic carbocycles. The molecule has 0 unspecified atom stereocenters. The zero-order chi connectivity index (χ0) is 15.1. The van der Waals surface area contributed by atoms with Crippen molar-refractivity contribution < 1.29 is 4.74 Å². The summed E-state index contributed by atoms with van der Waals surface area (Å²) >= 11 is 3.63. The fourth-order valence-electron chi connectivity index (χ4n) is 3.03. The van der Waals surface area contributed by atoms with Crippen molar-refractivity contribution in [3.63, 3.8) is 0 Å². The first-order chi connectivity index (χ1) is 10.3. The first kappa shape index (κ1) is 16.8. The van der Waals surface area contributed by atoms with E-state index in [1.54, 1.807) is 7.11 Å². The predicted molar refractivity (Wildman–Crippen MR) is 92.0 cm³/mol. The number of benzene rings is 1. The standard InChI is InChI=1S/C17H27BrN2O/c1-3-4-5-6-16(20-11-9-19-10-12-20)14-7-8-17(21-2)15(18)13-14/h7-8,13,16,19H,3-6,9-12H2,1-2H3/t16-/m1/s1. The largest absolute Gasteiger partial charge is 0.496 e. The Bertz CT molecular complexity index is 433. The monoisotopic (exact) mass is 354 g/mol. The lowest BCUT2D eigenvalue weighted by Gasteiger charge is -2.35. The smallest absolute Gasteiger partial charge is 0.133 e. The van der Waals surface area contributed by atoms with Crippen LogP contribution in [0.2, 0.25) is 0 Å². The number of nitrogens with one attached hydrogen (secondary N) is 1. The van der Waals surface area contributed by atoms with Crippen LogP contribution >= 0.6 is 15.9 Å². The van der Waals surface area contributed by atoms with Crippen molar-refractivity contribution in [2.75, 3.05) is 33.3 Å². The van der Waals surface area contributed by atoms with Crippen molar-refractivity contribution in [2.45, 2.75) is 38.6 Å². The topological polar surface area (TPSA) is 24.5 Å². The van der Waals surface area contributed by atoms with Crippen LogP contribution in [0.5, 0.6) is 5.75 Å². The van der Waals surface area contributed by atoms with Gasteiger partial charge in [-0.25, -0.2) is 0 Å². The number of rotatable bonds is 7. The van der Waals surface area contributed by atoms with E-state index in [1.165, 1.54) is 31.2 Å². The average molecular weight is 355 g/mol. The van der Waals surface area contributed by atoms with Gasteiger partial charge >= 0.3 is 0 Å². The lowest BCUT2D eigenvalue weighted by molar-refractivity contribution is 0.162. The highest BCUT2D eigenvalue weighted by Gasteiger charge is 2.22. The Kier molecular flexibility index (Phi) is 7.00. The van der Waals surface area contributed by atoms with Crippen LogP contribution in [0, 0.1) is 0 Å². The molecule has 1 atom stereocenters. The van der Waals surface area contributed by atoms with Gasteiger partial charge in [0, 0.05) is 32.2 Å². The normalized spacial score (nSPS) is 17.7. The molecule has 1 aromatic rings. The minimum absolute atomic E-state index is 0.529. The van der Waals surface area contributed by atoms with Gasteiger partial charge in [-0.2, -0.15) is 0 Å². The molecule has 1 aromatic carbocycles. The molecule has 0 saturated carbocycles. The summed E-state index contributed by atoms with van der Waals surface area (Å²) in [5.41, 5.74) is 1.40. The van der Waals surface area contributed by atoms with E-state index in [1.807, 2.05) is 0 Å².